The maximum absolute atomic E-state index is 4.14. The molecular formula is C7H9N2S+. The molecular weight excluding hydrogens is 144 g/mol. The van der Waals surface area contributed by atoms with Crippen molar-refractivity contribution in [3.05, 3.63) is 31.1 Å². The molecule has 1 heterocycles. The molecule has 0 aromatic carbocycles. The maximum atomic E-state index is 4.14. The smallest absolute Gasteiger partial charge is 0.222 e. The molecule has 1 aromatic heterocycles. The Labute approximate surface area is 65.6 Å². The van der Waals surface area contributed by atoms with E-state index < -0.39 is 0 Å². The highest BCUT2D eigenvalue weighted by molar-refractivity contribution is 7.79. The van der Waals surface area contributed by atoms with Crippen LogP contribution in [0.15, 0.2) is 36.3 Å². The summed E-state index contributed by atoms with van der Waals surface area (Å²) in [6.07, 6.45) is 5.43. The fourth-order valence-electron chi connectivity index (χ4n) is 0.674. The summed E-state index contributed by atoms with van der Waals surface area (Å²) in [5.74, 6) is 0. The summed E-state index contributed by atoms with van der Waals surface area (Å²) >= 11 is 4.14. The van der Waals surface area contributed by atoms with Gasteiger partial charge in [-0.15, -0.1) is 0 Å². The van der Waals surface area contributed by atoms with Gasteiger partial charge in [0.25, 0.3) is 0 Å². The molecule has 0 atom stereocenters. The minimum Gasteiger partial charge on any atom is -0.222 e. The first-order valence-electron chi connectivity index (χ1n) is 2.99. The number of hydrogen-bond acceptors (Lipinski definition) is 2. The van der Waals surface area contributed by atoms with E-state index in [1.807, 2.05) is 16.8 Å². The summed E-state index contributed by atoms with van der Waals surface area (Å²) in [7, 11) is 0. The van der Waals surface area contributed by atoms with Gasteiger partial charge in [0.1, 0.15) is 12.7 Å². The largest absolute Gasteiger partial charge is 0.356 e. The van der Waals surface area contributed by atoms with Crippen molar-refractivity contribution in [1.82, 2.24) is 4.98 Å². The van der Waals surface area contributed by atoms with Gasteiger partial charge in [-0.3, -0.25) is 0 Å². The quantitative estimate of drug-likeness (QED) is 0.288. The molecule has 1 rings (SSSR count). The lowest BCUT2D eigenvalue weighted by atomic mass is 10.6. The Morgan fingerprint density at radius 1 is 1.80 bits per heavy atom. The Kier molecular flexibility index (Phi) is 2.45. The van der Waals surface area contributed by atoms with Gasteiger partial charge in [-0.1, -0.05) is 25.3 Å². The number of thiol groups is 1. The zero-order valence-corrected chi connectivity index (χ0v) is 6.46. The predicted octanol–water partition coefficient (Wildman–Crippen LogP) is 0.844. The van der Waals surface area contributed by atoms with E-state index in [1.54, 1.807) is 12.3 Å². The minimum atomic E-state index is 0.711. The van der Waals surface area contributed by atoms with Crippen LogP contribution in [0.2, 0.25) is 0 Å². The maximum Gasteiger partial charge on any atom is 0.356 e. The van der Waals surface area contributed by atoms with Crippen molar-refractivity contribution >= 4 is 12.6 Å². The van der Waals surface area contributed by atoms with Crippen molar-refractivity contribution < 1.29 is 4.57 Å². The summed E-state index contributed by atoms with van der Waals surface area (Å²) in [6, 6.07) is 1.86. The third-order valence-electron chi connectivity index (χ3n) is 1.12. The van der Waals surface area contributed by atoms with Crippen molar-refractivity contribution in [3.63, 3.8) is 0 Å². The van der Waals surface area contributed by atoms with Crippen LogP contribution in [0.5, 0.6) is 0 Å². The monoisotopic (exact) mass is 153 g/mol. The Balaban J connectivity index is 2.91. The molecule has 10 heavy (non-hydrogen) atoms. The van der Waals surface area contributed by atoms with Gasteiger partial charge >= 0.3 is 5.16 Å². The lowest BCUT2D eigenvalue weighted by Gasteiger charge is -1.92. The SMILES string of the molecule is C=CC[n+]1cccnc1S. The van der Waals surface area contributed by atoms with Gasteiger partial charge in [0.2, 0.25) is 0 Å². The number of hydrogen-bond donors (Lipinski definition) is 1. The molecule has 0 saturated heterocycles. The van der Waals surface area contributed by atoms with Crippen LogP contribution in [-0.4, -0.2) is 4.98 Å². The van der Waals surface area contributed by atoms with Crippen LogP contribution in [0.1, 0.15) is 0 Å². The first kappa shape index (κ1) is 7.28. The van der Waals surface area contributed by atoms with Crippen molar-refractivity contribution in [2.24, 2.45) is 0 Å². The Hall–Kier alpha value is -0.830. The molecule has 1 aromatic rings. The second-order valence-corrected chi connectivity index (χ2v) is 2.26. The van der Waals surface area contributed by atoms with E-state index in [0.717, 1.165) is 6.54 Å². The Morgan fingerprint density at radius 3 is 3.20 bits per heavy atom. The topological polar surface area (TPSA) is 16.8 Å². The van der Waals surface area contributed by atoms with Crippen LogP contribution in [0, 0.1) is 0 Å². The number of nitrogens with zero attached hydrogens (tertiary/aromatic N) is 2. The fourth-order valence-corrected chi connectivity index (χ4v) is 0.889. The molecule has 0 saturated carbocycles. The molecule has 0 unspecified atom stereocenters. The molecule has 0 bridgehead atoms. The third kappa shape index (κ3) is 1.57. The van der Waals surface area contributed by atoms with Crippen molar-refractivity contribution in [1.29, 1.82) is 0 Å². The molecule has 0 amide bonds. The lowest BCUT2D eigenvalue weighted by Crippen LogP contribution is -2.34. The Morgan fingerprint density at radius 2 is 2.60 bits per heavy atom. The van der Waals surface area contributed by atoms with Gasteiger partial charge in [0.05, 0.1) is 6.20 Å². The zero-order valence-electron chi connectivity index (χ0n) is 5.57. The lowest BCUT2D eigenvalue weighted by molar-refractivity contribution is -0.727. The molecule has 0 aliphatic rings. The molecule has 0 radical (unpaired) electrons. The minimum absolute atomic E-state index is 0.711. The van der Waals surface area contributed by atoms with Crippen LogP contribution in [-0.2, 0) is 6.54 Å². The summed E-state index contributed by atoms with van der Waals surface area (Å²) in [4.78, 5) is 3.98. The molecule has 0 N–H and O–H groups in total. The molecule has 52 valence electrons. The zero-order chi connectivity index (χ0) is 7.40. The van der Waals surface area contributed by atoms with Crippen molar-refractivity contribution in [2.45, 2.75) is 11.7 Å². The molecule has 3 heteroatoms. The van der Waals surface area contributed by atoms with Gasteiger partial charge in [-0.2, -0.15) is 0 Å². The first-order chi connectivity index (χ1) is 4.84. The van der Waals surface area contributed by atoms with Crippen LogP contribution in [0.4, 0.5) is 0 Å². The highest BCUT2D eigenvalue weighted by Crippen LogP contribution is 1.89. The van der Waals surface area contributed by atoms with Gasteiger partial charge < -0.3 is 0 Å². The highest BCUT2D eigenvalue weighted by atomic mass is 32.1. The molecule has 0 spiro atoms. The van der Waals surface area contributed by atoms with E-state index in [0.29, 0.717) is 5.16 Å². The van der Waals surface area contributed by atoms with Crippen LogP contribution in [0.3, 0.4) is 0 Å². The molecule has 2 nitrogen and oxygen atoms in total. The number of aromatic nitrogens is 2. The Bertz CT molecular complexity index is 235. The van der Waals surface area contributed by atoms with Crippen molar-refractivity contribution in [2.75, 3.05) is 0 Å². The summed E-state index contributed by atoms with van der Waals surface area (Å²) in [5, 5.41) is 0.711. The van der Waals surface area contributed by atoms with Crippen LogP contribution in [0.25, 0.3) is 0 Å². The predicted molar refractivity (Wildman–Crippen MR) is 41.9 cm³/mol. The average molecular weight is 153 g/mol. The second-order valence-electron chi connectivity index (χ2n) is 1.86. The standard InChI is InChI=1S/C7H8N2S/c1-2-5-9-6-3-4-8-7(9)10/h2-4,6H,1,5H2/p+1. The fraction of sp³-hybridized carbons (Fsp3) is 0.143. The average Bonchev–Trinajstić information content (AvgIpc) is 1.94. The summed E-state index contributed by atoms with van der Waals surface area (Å²) in [6.45, 7) is 4.37. The summed E-state index contributed by atoms with van der Waals surface area (Å²) in [5.41, 5.74) is 0. The molecule has 0 aliphatic heterocycles. The first-order valence-corrected chi connectivity index (χ1v) is 3.43. The van der Waals surface area contributed by atoms with Crippen molar-refractivity contribution in [3.8, 4) is 0 Å². The third-order valence-corrected chi connectivity index (χ3v) is 1.50. The van der Waals surface area contributed by atoms with Crippen LogP contribution >= 0.6 is 12.6 Å². The number of rotatable bonds is 2. The summed E-state index contributed by atoms with van der Waals surface area (Å²) < 4.78 is 1.90. The van der Waals surface area contributed by atoms with Crippen LogP contribution < -0.4 is 4.57 Å². The van der Waals surface area contributed by atoms with Gasteiger partial charge in [-0.25, -0.2) is 4.57 Å². The van der Waals surface area contributed by atoms with Gasteiger partial charge in [-0.05, 0) is 4.98 Å². The van der Waals surface area contributed by atoms with Gasteiger partial charge in [0.15, 0.2) is 0 Å². The second kappa shape index (κ2) is 3.37. The highest BCUT2D eigenvalue weighted by Gasteiger charge is 2.01. The molecule has 0 fully saturated rings. The number of allylic oxidation sites excluding steroid dienone is 1. The van der Waals surface area contributed by atoms with E-state index in [-0.39, 0.29) is 0 Å². The van der Waals surface area contributed by atoms with E-state index in [4.69, 9.17) is 0 Å². The van der Waals surface area contributed by atoms with E-state index in [2.05, 4.69) is 24.2 Å². The van der Waals surface area contributed by atoms with Gasteiger partial charge in [0, 0.05) is 6.07 Å². The normalized spacial score (nSPS) is 9.30. The molecule has 0 aliphatic carbocycles. The van der Waals surface area contributed by atoms with E-state index in [9.17, 15) is 0 Å². The van der Waals surface area contributed by atoms with E-state index >= 15 is 0 Å². The van der Waals surface area contributed by atoms with E-state index in [1.165, 1.54) is 0 Å².